The van der Waals surface area contributed by atoms with Crippen molar-refractivity contribution in [2.45, 2.75) is 249 Å². The van der Waals surface area contributed by atoms with Crippen LogP contribution in [0.15, 0.2) is 36.5 Å². The Morgan fingerprint density at radius 3 is 1.54 bits per heavy atom. The van der Waals surface area contributed by atoms with E-state index in [4.69, 9.17) is 23.3 Å². The molecule has 0 spiro atoms. The van der Waals surface area contributed by atoms with Gasteiger partial charge in [0, 0.05) is 12.8 Å². The van der Waals surface area contributed by atoms with E-state index in [1.807, 2.05) is 12.2 Å². The molecule has 2 aliphatic rings. The molecule has 17 nitrogen and oxygen atoms in total. The Kier molecular flexibility index (Phi) is 33.9. The van der Waals surface area contributed by atoms with Gasteiger partial charge in [0.25, 0.3) is 0 Å². The molecule has 1 aliphatic carbocycles. The molecule has 396 valence electrons. The topological polar surface area (TPSA) is 269 Å². The van der Waals surface area contributed by atoms with Crippen LogP contribution in [0.4, 0.5) is 0 Å². The Morgan fingerprint density at radius 1 is 0.529 bits per heavy atom. The monoisotopic (exact) mass is 1010 g/mol. The van der Waals surface area contributed by atoms with Gasteiger partial charge in [-0.15, -0.1) is 0 Å². The number of aliphatic hydroxyl groups is 4. The van der Waals surface area contributed by atoms with Crippen LogP contribution in [0.3, 0.4) is 0 Å². The molecule has 0 aromatic rings. The van der Waals surface area contributed by atoms with E-state index in [1.54, 1.807) is 0 Å². The molecule has 0 amide bonds. The molecule has 7 unspecified atom stereocenters. The molecule has 19 heteroatoms. The minimum Gasteiger partial charge on any atom is -0.462 e. The Hall–Kier alpha value is -1.82. The second kappa shape index (κ2) is 37.0. The zero-order valence-electron chi connectivity index (χ0n) is 41.0. The average Bonchev–Trinajstić information content (AvgIpc) is 4.05. The number of phosphoric acid groups is 2. The van der Waals surface area contributed by atoms with Gasteiger partial charge in [-0.25, -0.2) is 9.13 Å². The van der Waals surface area contributed by atoms with Crippen molar-refractivity contribution >= 4 is 27.6 Å². The van der Waals surface area contributed by atoms with Gasteiger partial charge in [0.05, 0.1) is 18.8 Å². The van der Waals surface area contributed by atoms with Crippen LogP contribution in [-0.2, 0) is 46.5 Å². The van der Waals surface area contributed by atoms with E-state index in [0.717, 1.165) is 51.4 Å². The third-order valence-electron chi connectivity index (χ3n) is 12.1. The molecule has 10 atom stereocenters. The molecule has 0 aromatic carbocycles. The lowest BCUT2D eigenvalue weighted by molar-refractivity contribution is -0.216. The largest absolute Gasteiger partial charge is 0.472 e. The maximum Gasteiger partial charge on any atom is 0.472 e. The van der Waals surface area contributed by atoms with E-state index < -0.39 is 83.5 Å². The van der Waals surface area contributed by atoms with Gasteiger partial charge in [0.1, 0.15) is 43.2 Å². The normalized spacial score (nSPS) is 24.5. The molecule has 2 rings (SSSR count). The molecule has 68 heavy (non-hydrogen) atoms. The summed E-state index contributed by atoms with van der Waals surface area (Å²) in [5, 5.41) is 41.3. The Bertz CT molecular complexity index is 1520. The number of allylic oxidation sites excluding steroid dienone is 4. The number of carbonyl (C=O) groups is 2. The number of rotatable bonds is 42. The maximum absolute atomic E-state index is 13.0. The minimum atomic E-state index is -5.37. The van der Waals surface area contributed by atoms with Crippen molar-refractivity contribution < 1.29 is 81.6 Å². The molecule has 0 aromatic heterocycles. The van der Waals surface area contributed by atoms with Crippen molar-refractivity contribution in [3.05, 3.63) is 36.5 Å². The molecule has 0 bridgehead atoms. The van der Waals surface area contributed by atoms with Crippen LogP contribution < -0.4 is 0 Å². The summed E-state index contributed by atoms with van der Waals surface area (Å²) in [4.78, 5) is 54.4. The van der Waals surface area contributed by atoms with Crippen LogP contribution in [0.5, 0.6) is 0 Å². The third kappa shape index (κ3) is 30.1. The lowest BCUT2D eigenvalue weighted by Crippen LogP contribution is -2.64. The van der Waals surface area contributed by atoms with Crippen molar-refractivity contribution in [3.63, 3.8) is 0 Å². The number of unbranched alkanes of at least 4 members (excludes halogenated alkanes) is 20. The van der Waals surface area contributed by atoms with Gasteiger partial charge in [0.2, 0.25) is 0 Å². The zero-order chi connectivity index (χ0) is 50.0. The summed E-state index contributed by atoms with van der Waals surface area (Å²) in [6.07, 6.45) is 27.0. The Morgan fingerprint density at radius 2 is 0.985 bits per heavy atom. The summed E-state index contributed by atoms with van der Waals surface area (Å²) >= 11 is 0. The number of epoxide rings is 1. The minimum absolute atomic E-state index is 0.0355. The molecule has 1 heterocycles. The van der Waals surface area contributed by atoms with E-state index in [0.29, 0.717) is 25.4 Å². The summed E-state index contributed by atoms with van der Waals surface area (Å²) in [5.74, 6) is -1.27. The fourth-order valence-corrected chi connectivity index (χ4v) is 9.54. The standard InChI is InChI=1S/C49H88O17P2/c1-3-5-7-9-11-12-13-14-15-16-17-18-19-20-23-27-31-35-42(50)61-37-39(38-62-68(59,60)66-49-46(54)44(52)45(53)48(47(49)55)65-67(56,57)58)63-43(51)36-32-28-24-21-22-26-30-34-41-40(64-41)33-29-25-10-8-6-4-2/h21,24-26,29-30,39-41,44-49,52-55H,3-20,22-23,27-28,31-38H2,1-2H3,(H,59,60)(H2,56,57,58)/b24-21-,29-25-,30-26-/t39-,40?,41?,44?,45?,46?,47?,48-,49+/m1/s1. The predicted molar refractivity (Wildman–Crippen MR) is 259 cm³/mol. The number of esters is 2. The molecule has 1 saturated heterocycles. The van der Waals surface area contributed by atoms with Gasteiger partial charge in [0.15, 0.2) is 6.10 Å². The third-order valence-corrected chi connectivity index (χ3v) is 13.6. The second-order valence-corrected chi connectivity index (χ2v) is 20.9. The van der Waals surface area contributed by atoms with Crippen LogP contribution in [-0.4, -0.2) is 115 Å². The number of hydrogen-bond donors (Lipinski definition) is 7. The van der Waals surface area contributed by atoms with E-state index in [1.165, 1.54) is 96.3 Å². The van der Waals surface area contributed by atoms with Crippen LogP contribution in [0.25, 0.3) is 0 Å². The van der Waals surface area contributed by atoms with Crippen molar-refractivity contribution in [2.75, 3.05) is 13.2 Å². The molecular formula is C49H88O17P2. The van der Waals surface area contributed by atoms with E-state index in [-0.39, 0.29) is 18.9 Å². The first-order chi connectivity index (χ1) is 32.6. The van der Waals surface area contributed by atoms with Gasteiger partial charge in [-0.05, 0) is 51.4 Å². The number of carbonyl (C=O) groups excluding carboxylic acids is 2. The second-order valence-electron chi connectivity index (χ2n) is 18.3. The van der Waals surface area contributed by atoms with Crippen molar-refractivity contribution in [1.29, 1.82) is 0 Å². The maximum atomic E-state index is 13.0. The van der Waals surface area contributed by atoms with Crippen molar-refractivity contribution in [1.82, 2.24) is 0 Å². The van der Waals surface area contributed by atoms with E-state index in [2.05, 4.69) is 42.7 Å². The molecule has 1 aliphatic heterocycles. The highest BCUT2D eigenvalue weighted by molar-refractivity contribution is 7.47. The van der Waals surface area contributed by atoms with Crippen LogP contribution in [0, 0.1) is 0 Å². The summed E-state index contributed by atoms with van der Waals surface area (Å²) in [6.45, 7) is 3.05. The molecule has 1 saturated carbocycles. The SMILES string of the molecule is CCCCC/C=C\CC1OC1C/C=C\C/C=C\CCCC(=O)O[C@H](COC(=O)CCCCCCCCCCCCCCCCCCC)COP(=O)(O)O[C@H]1C(O)C(O)C(O)[C@@H](OP(=O)(O)O)C1O. The Labute approximate surface area is 406 Å². The van der Waals surface area contributed by atoms with Crippen LogP contribution in [0.2, 0.25) is 0 Å². The van der Waals surface area contributed by atoms with Gasteiger partial charge in [-0.3, -0.25) is 23.2 Å². The molecule has 7 N–H and O–H groups in total. The van der Waals surface area contributed by atoms with E-state index in [9.17, 15) is 53.8 Å². The number of ether oxygens (including phenoxy) is 3. The van der Waals surface area contributed by atoms with Gasteiger partial charge < -0.3 is 49.3 Å². The van der Waals surface area contributed by atoms with Crippen molar-refractivity contribution in [3.8, 4) is 0 Å². The van der Waals surface area contributed by atoms with Gasteiger partial charge in [-0.2, -0.15) is 0 Å². The number of phosphoric ester groups is 2. The first-order valence-corrected chi connectivity index (χ1v) is 28.7. The lowest BCUT2D eigenvalue weighted by Gasteiger charge is -2.43. The highest BCUT2D eigenvalue weighted by Crippen LogP contribution is 2.49. The van der Waals surface area contributed by atoms with Crippen LogP contribution >= 0.6 is 15.6 Å². The fraction of sp³-hybridized carbons (Fsp3) is 0.837. The van der Waals surface area contributed by atoms with Gasteiger partial charge in [-0.1, -0.05) is 166 Å². The smallest absolute Gasteiger partial charge is 0.462 e. The first kappa shape index (κ1) is 62.3. The van der Waals surface area contributed by atoms with Crippen molar-refractivity contribution in [2.24, 2.45) is 0 Å². The Balaban J connectivity index is 1.78. The van der Waals surface area contributed by atoms with Crippen LogP contribution in [0.1, 0.15) is 194 Å². The average molecular weight is 1010 g/mol. The highest BCUT2D eigenvalue weighted by atomic mass is 31.2. The molecule has 0 radical (unpaired) electrons. The summed E-state index contributed by atoms with van der Waals surface area (Å²) in [6, 6.07) is 0. The quantitative estimate of drug-likeness (QED) is 0.00987. The lowest BCUT2D eigenvalue weighted by atomic mass is 9.85. The predicted octanol–water partition coefficient (Wildman–Crippen LogP) is 9.28. The highest BCUT2D eigenvalue weighted by Gasteiger charge is 2.54. The first-order valence-electron chi connectivity index (χ1n) is 25.7. The molecule has 2 fully saturated rings. The summed E-state index contributed by atoms with van der Waals surface area (Å²) in [5.41, 5.74) is 0. The fourth-order valence-electron chi connectivity index (χ4n) is 8.00. The van der Waals surface area contributed by atoms with Gasteiger partial charge >= 0.3 is 27.6 Å². The summed E-state index contributed by atoms with van der Waals surface area (Å²) < 4.78 is 55.2. The summed E-state index contributed by atoms with van der Waals surface area (Å²) in [7, 11) is -10.7. The number of hydrogen-bond acceptors (Lipinski definition) is 14. The van der Waals surface area contributed by atoms with E-state index >= 15 is 0 Å². The number of aliphatic hydroxyl groups excluding tert-OH is 4. The molecular weight excluding hydrogens is 922 g/mol. The zero-order valence-corrected chi connectivity index (χ0v) is 42.8.